The summed E-state index contributed by atoms with van der Waals surface area (Å²) in [5, 5.41) is 10.8. The summed E-state index contributed by atoms with van der Waals surface area (Å²) in [4.78, 5) is 5.84. The van der Waals surface area contributed by atoms with Gasteiger partial charge in [0.1, 0.15) is 11.6 Å². The van der Waals surface area contributed by atoms with Gasteiger partial charge in [-0.05, 0) is 41.6 Å². The summed E-state index contributed by atoms with van der Waals surface area (Å²) in [5.74, 6) is 0. The second-order valence-corrected chi connectivity index (χ2v) is 8.89. The summed E-state index contributed by atoms with van der Waals surface area (Å²) in [6, 6.07) is 6.60. The van der Waals surface area contributed by atoms with E-state index < -0.39 is 0 Å². The normalized spacial score (nSPS) is 14.8. The van der Waals surface area contributed by atoms with E-state index in [0.717, 1.165) is 4.88 Å². The van der Waals surface area contributed by atoms with E-state index in [1.165, 1.54) is 33.0 Å². The minimum Gasteiger partial charge on any atom is -0.486 e. The van der Waals surface area contributed by atoms with Crippen LogP contribution < -0.4 is 4.90 Å². The quantitative estimate of drug-likeness (QED) is 0.427. The van der Waals surface area contributed by atoms with Crippen molar-refractivity contribution >= 4 is 51.0 Å². The van der Waals surface area contributed by atoms with E-state index >= 15 is 0 Å². The molecule has 1 aliphatic rings. The predicted octanol–water partition coefficient (Wildman–Crippen LogP) is 5.06. The maximum absolute atomic E-state index is 9.28. The molecule has 2 aromatic heterocycles. The standard InChI is InChI=1S/C18H18N2OS3/c1-18(2)12-7-11(6-10(9-19)17(22)21-5)23-15(12)16-13(18)8-14(24-16)20(3)4/h6-8H,1-5H3/b10-6+. The van der Waals surface area contributed by atoms with Gasteiger partial charge in [0, 0.05) is 29.3 Å². The van der Waals surface area contributed by atoms with Crippen LogP contribution in [0, 0.1) is 11.3 Å². The first-order chi connectivity index (χ1) is 11.3. The molecule has 0 saturated carbocycles. The van der Waals surface area contributed by atoms with Crippen LogP contribution in [0.3, 0.4) is 0 Å². The molecular weight excluding hydrogens is 356 g/mol. The molecule has 0 fully saturated rings. The fourth-order valence-corrected chi connectivity index (χ4v) is 5.65. The lowest BCUT2D eigenvalue weighted by Gasteiger charge is -2.19. The number of ether oxygens (including phenoxy) is 1. The molecule has 3 rings (SSSR count). The molecule has 0 amide bonds. The molecule has 0 aromatic carbocycles. The van der Waals surface area contributed by atoms with Crippen molar-refractivity contribution in [1.29, 1.82) is 5.26 Å². The summed E-state index contributed by atoms with van der Waals surface area (Å²) < 4.78 is 5.02. The highest BCUT2D eigenvalue weighted by molar-refractivity contribution is 7.80. The van der Waals surface area contributed by atoms with Crippen LogP contribution in [-0.2, 0) is 10.2 Å². The Labute approximate surface area is 155 Å². The monoisotopic (exact) mass is 374 g/mol. The molecule has 0 saturated heterocycles. The third-order valence-corrected chi connectivity index (χ3v) is 7.21. The van der Waals surface area contributed by atoms with E-state index in [9.17, 15) is 5.26 Å². The van der Waals surface area contributed by atoms with Crippen LogP contribution in [0.4, 0.5) is 5.00 Å². The van der Waals surface area contributed by atoms with Crippen molar-refractivity contribution in [2.75, 3.05) is 26.1 Å². The van der Waals surface area contributed by atoms with Gasteiger partial charge in [0.2, 0.25) is 5.05 Å². The molecule has 2 heterocycles. The Morgan fingerprint density at radius 1 is 1.25 bits per heavy atom. The predicted molar refractivity (Wildman–Crippen MR) is 107 cm³/mol. The second-order valence-electron chi connectivity index (χ2n) is 6.40. The molecule has 2 aromatic rings. The van der Waals surface area contributed by atoms with E-state index in [-0.39, 0.29) is 10.5 Å². The van der Waals surface area contributed by atoms with Gasteiger partial charge in [-0.15, -0.1) is 22.7 Å². The average molecular weight is 375 g/mol. The maximum atomic E-state index is 9.28. The van der Waals surface area contributed by atoms with Crippen LogP contribution in [0.1, 0.15) is 29.9 Å². The number of rotatable bonds is 3. The minimum absolute atomic E-state index is 0.0212. The smallest absolute Gasteiger partial charge is 0.201 e. The van der Waals surface area contributed by atoms with Crippen LogP contribution in [0.2, 0.25) is 0 Å². The van der Waals surface area contributed by atoms with E-state index in [1.807, 2.05) is 17.4 Å². The lowest BCUT2D eigenvalue weighted by Crippen LogP contribution is -2.14. The first kappa shape index (κ1) is 17.2. The molecule has 0 unspecified atom stereocenters. The van der Waals surface area contributed by atoms with Crippen molar-refractivity contribution in [1.82, 2.24) is 0 Å². The maximum Gasteiger partial charge on any atom is 0.201 e. The topological polar surface area (TPSA) is 36.3 Å². The molecule has 3 nitrogen and oxygen atoms in total. The van der Waals surface area contributed by atoms with Crippen molar-refractivity contribution in [2.24, 2.45) is 0 Å². The lowest BCUT2D eigenvalue weighted by molar-refractivity contribution is 0.416. The van der Waals surface area contributed by atoms with Gasteiger partial charge in [-0.25, -0.2) is 0 Å². The second kappa shape index (κ2) is 5.99. The van der Waals surface area contributed by atoms with Crippen molar-refractivity contribution in [2.45, 2.75) is 19.3 Å². The number of thiophene rings is 2. The summed E-state index contributed by atoms with van der Waals surface area (Å²) >= 11 is 8.62. The molecule has 0 N–H and O–H groups in total. The number of hydrogen-bond acceptors (Lipinski definition) is 6. The van der Waals surface area contributed by atoms with Crippen LogP contribution in [0.5, 0.6) is 0 Å². The van der Waals surface area contributed by atoms with Crippen LogP contribution >= 0.6 is 34.9 Å². The Balaban J connectivity index is 2.10. The van der Waals surface area contributed by atoms with Gasteiger partial charge in [0.05, 0.1) is 17.0 Å². The Morgan fingerprint density at radius 3 is 2.46 bits per heavy atom. The highest BCUT2D eigenvalue weighted by Gasteiger charge is 2.39. The number of nitrogens with zero attached hydrogens (tertiary/aromatic N) is 2. The fourth-order valence-electron chi connectivity index (χ4n) is 2.88. The molecule has 24 heavy (non-hydrogen) atoms. The highest BCUT2D eigenvalue weighted by atomic mass is 32.1. The number of hydrogen-bond donors (Lipinski definition) is 0. The number of methoxy groups -OCH3 is 1. The number of anilines is 1. The molecule has 0 bridgehead atoms. The Hall–Kier alpha value is -1.68. The Kier molecular flexibility index (Phi) is 4.28. The minimum atomic E-state index is -0.0212. The van der Waals surface area contributed by atoms with Crippen LogP contribution in [0.25, 0.3) is 15.8 Å². The summed E-state index contributed by atoms with van der Waals surface area (Å²) in [6.45, 7) is 4.52. The zero-order chi connectivity index (χ0) is 17.6. The van der Waals surface area contributed by atoms with E-state index in [0.29, 0.717) is 5.57 Å². The number of nitriles is 1. The SMILES string of the molecule is COC(=S)/C(C#N)=C/c1cc2c(s1)-c1sc(N(C)C)cc1C2(C)C. The van der Waals surface area contributed by atoms with E-state index in [1.54, 1.807) is 11.3 Å². The lowest BCUT2D eigenvalue weighted by atomic mass is 9.84. The zero-order valence-corrected chi connectivity index (χ0v) is 16.7. The largest absolute Gasteiger partial charge is 0.486 e. The highest BCUT2D eigenvalue weighted by Crippen LogP contribution is 2.56. The van der Waals surface area contributed by atoms with Crippen LogP contribution in [0.15, 0.2) is 17.7 Å². The van der Waals surface area contributed by atoms with Crippen molar-refractivity contribution in [3.63, 3.8) is 0 Å². The molecule has 6 heteroatoms. The first-order valence-corrected chi connectivity index (χ1v) is 9.50. The van der Waals surface area contributed by atoms with Crippen molar-refractivity contribution < 1.29 is 4.74 Å². The third-order valence-electron chi connectivity index (χ3n) is 4.28. The average Bonchev–Trinajstić information content (AvgIpc) is 3.19. The Morgan fingerprint density at radius 2 is 1.88 bits per heavy atom. The van der Waals surface area contributed by atoms with E-state index in [4.69, 9.17) is 17.0 Å². The summed E-state index contributed by atoms with van der Waals surface area (Å²) in [7, 11) is 5.64. The van der Waals surface area contributed by atoms with Crippen molar-refractivity contribution in [3.8, 4) is 15.8 Å². The molecule has 0 atom stereocenters. The molecule has 1 aliphatic carbocycles. The third kappa shape index (κ3) is 2.57. The summed E-state index contributed by atoms with van der Waals surface area (Å²) in [5.41, 5.74) is 3.09. The fraction of sp³-hybridized carbons (Fsp3) is 0.333. The van der Waals surface area contributed by atoms with E-state index in [2.05, 4.69) is 51.0 Å². The van der Waals surface area contributed by atoms with Crippen LogP contribution in [-0.4, -0.2) is 26.3 Å². The molecule has 0 spiro atoms. The van der Waals surface area contributed by atoms with Gasteiger partial charge < -0.3 is 9.64 Å². The summed E-state index contributed by atoms with van der Waals surface area (Å²) in [6.07, 6.45) is 1.82. The van der Waals surface area contributed by atoms with Gasteiger partial charge in [0.15, 0.2) is 0 Å². The van der Waals surface area contributed by atoms with Gasteiger partial charge in [-0.2, -0.15) is 5.26 Å². The number of fused-ring (bicyclic) bond motifs is 3. The van der Waals surface area contributed by atoms with Gasteiger partial charge in [-0.3, -0.25) is 0 Å². The first-order valence-electron chi connectivity index (χ1n) is 7.46. The molecule has 124 valence electrons. The molecular formula is C18H18N2OS3. The van der Waals surface area contributed by atoms with Gasteiger partial charge in [-0.1, -0.05) is 13.8 Å². The van der Waals surface area contributed by atoms with Crippen molar-refractivity contribution in [3.05, 3.63) is 33.7 Å². The zero-order valence-electron chi connectivity index (χ0n) is 14.3. The van der Waals surface area contributed by atoms with Gasteiger partial charge >= 0.3 is 0 Å². The Bertz CT molecular complexity index is 894. The molecule has 0 radical (unpaired) electrons. The molecule has 0 aliphatic heterocycles. The number of thiocarbonyl (C=S) groups is 1. The van der Waals surface area contributed by atoms with Gasteiger partial charge in [0.25, 0.3) is 0 Å².